The highest BCUT2D eigenvalue weighted by molar-refractivity contribution is 5.92. The van der Waals surface area contributed by atoms with E-state index >= 15 is 0 Å². The smallest absolute Gasteiger partial charge is 0.318 e. The highest BCUT2D eigenvalue weighted by Gasteiger charge is 2.34. The minimum Gasteiger partial charge on any atom is -0.469 e. The molecule has 1 aliphatic rings. The molecule has 3 N–H and O–H groups in total. The van der Waals surface area contributed by atoms with E-state index in [9.17, 15) is 14.4 Å². The third-order valence-electron chi connectivity index (χ3n) is 3.71. The minimum atomic E-state index is -0.770. The van der Waals surface area contributed by atoms with E-state index in [4.69, 9.17) is 4.42 Å². The van der Waals surface area contributed by atoms with Gasteiger partial charge in [-0.15, -0.1) is 0 Å². The van der Waals surface area contributed by atoms with Crippen LogP contribution in [0.5, 0.6) is 0 Å². The second kappa shape index (κ2) is 8.21. The predicted octanol–water partition coefficient (Wildman–Crippen LogP) is -0.142. The molecule has 2 heterocycles. The second-order valence-corrected chi connectivity index (χ2v) is 5.29. The summed E-state index contributed by atoms with van der Waals surface area (Å²) in [7, 11) is 1.50. The van der Waals surface area contributed by atoms with Crippen LogP contribution < -0.4 is 16.0 Å². The fourth-order valence-corrected chi connectivity index (χ4v) is 2.45. The summed E-state index contributed by atoms with van der Waals surface area (Å²) in [5.74, 6) is 0.294. The van der Waals surface area contributed by atoms with Gasteiger partial charge >= 0.3 is 6.03 Å². The first-order valence-corrected chi connectivity index (χ1v) is 7.67. The van der Waals surface area contributed by atoms with Gasteiger partial charge in [-0.1, -0.05) is 0 Å². The number of piperazine rings is 1. The normalized spacial score (nSPS) is 17.5. The number of urea groups is 1. The molecule has 1 aliphatic heterocycles. The molecule has 4 amide bonds. The second-order valence-electron chi connectivity index (χ2n) is 5.29. The quantitative estimate of drug-likeness (QED) is 0.634. The zero-order valence-corrected chi connectivity index (χ0v) is 13.1. The number of amides is 4. The van der Waals surface area contributed by atoms with Crippen LogP contribution in [0.3, 0.4) is 0 Å². The van der Waals surface area contributed by atoms with Crippen LogP contribution >= 0.6 is 0 Å². The van der Waals surface area contributed by atoms with E-state index < -0.39 is 6.04 Å². The highest BCUT2D eigenvalue weighted by atomic mass is 16.3. The van der Waals surface area contributed by atoms with Crippen molar-refractivity contribution in [3.8, 4) is 0 Å². The van der Waals surface area contributed by atoms with E-state index in [0.717, 1.165) is 18.6 Å². The Labute approximate surface area is 134 Å². The van der Waals surface area contributed by atoms with Crippen LogP contribution in [0.4, 0.5) is 4.79 Å². The first-order chi connectivity index (χ1) is 11.1. The summed E-state index contributed by atoms with van der Waals surface area (Å²) in [5, 5.41) is 7.94. The van der Waals surface area contributed by atoms with E-state index in [2.05, 4.69) is 16.0 Å². The lowest BCUT2D eigenvalue weighted by molar-refractivity contribution is -0.132. The molecule has 0 spiro atoms. The van der Waals surface area contributed by atoms with Gasteiger partial charge in [-0.2, -0.15) is 0 Å². The lowest BCUT2D eigenvalue weighted by Gasteiger charge is -2.34. The summed E-state index contributed by atoms with van der Waals surface area (Å²) in [6.45, 7) is 1.25. The Morgan fingerprint density at radius 2 is 2.30 bits per heavy atom. The van der Waals surface area contributed by atoms with Gasteiger partial charge in [0.05, 0.1) is 12.7 Å². The number of nitrogens with zero attached hydrogens (tertiary/aromatic N) is 1. The largest absolute Gasteiger partial charge is 0.469 e. The number of furan rings is 1. The van der Waals surface area contributed by atoms with E-state index in [1.54, 1.807) is 6.26 Å². The molecule has 23 heavy (non-hydrogen) atoms. The lowest BCUT2D eigenvalue weighted by atomic mass is 10.1. The van der Waals surface area contributed by atoms with E-state index in [1.165, 1.54) is 11.9 Å². The summed E-state index contributed by atoms with van der Waals surface area (Å²) < 4.78 is 5.22. The summed E-state index contributed by atoms with van der Waals surface area (Å²) in [5.41, 5.74) is 0. The van der Waals surface area contributed by atoms with Crippen molar-refractivity contribution in [1.82, 2.24) is 20.9 Å². The standard InChI is InChI=1S/C15H22N4O4/c1-16-13(20)10-12-14(21)17-7-8-19(12)15(22)18-6-2-4-11-5-3-9-23-11/h3,5,9,12H,2,4,6-8,10H2,1H3,(H,16,20)(H,17,21)(H,18,22)/t12-/m1/s1. The molecule has 1 saturated heterocycles. The zero-order chi connectivity index (χ0) is 16.7. The fraction of sp³-hybridized carbons (Fsp3) is 0.533. The van der Waals surface area contributed by atoms with Gasteiger partial charge in [0.25, 0.3) is 0 Å². The number of nitrogens with one attached hydrogen (secondary N) is 3. The summed E-state index contributed by atoms with van der Waals surface area (Å²) >= 11 is 0. The molecule has 1 aromatic heterocycles. The Morgan fingerprint density at radius 1 is 1.48 bits per heavy atom. The molecule has 0 radical (unpaired) electrons. The van der Waals surface area contributed by atoms with Crippen molar-refractivity contribution in [3.05, 3.63) is 24.2 Å². The van der Waals surface area contributed by atoms with E-state index in [1.807, 2.05) is 12.1 Å². The fourth-order valence-electron chi connectivity index (χ4n) is 2.45. The van der Waals surface area contributed by atoms with E-state index in [0.29, 0.717) is 19.6 Å². The molecule has 126 valence electrons. The van der Waals surface area contributed by atoms with Crippen molar-refractivity contribution in [2.45, 2.75) is 25.3 Å². The Kier molecular flexibility index (Phi) is 6.02. The molecule has 8 heteroatoms. The van der Waals surface area contributed by atoms with Crippen molar-refractivity contribution in [3.63, 3.8) is 0 Å². The molecule has 8 nitrogen and oxygen atoms in total. The lowest BCUT2D eigenvalue weighted by Crippen LogP contribution is -2.60. The maximum atomic E-state index is 12.3. The van der Waals surface area contributed by atoms with Crippen LogP contribution in [-0.2, 0) is 16.0 Å². The molecule has 1 atom stereocenters. The maximum absolute atomic E-state index is 12.3. The van der Waals surface area contributed by atoms with Crippen molar-refractivity contribution < 1.29 is 18.8 Å². The van der Waals surface area contributed by atoms with Crippen molar-refractivity contribution in [1.29, 1.82) is 0 Å². The van der Waals surface area contributed by atoms with Crippen LogP contribution in [0.25, 0.3) is 0 Å². The van der Waals surface area contributed by atoms with Gasteiger partial charge in [0.15, 0.2) is 0 Å². The van der Waals surface area contributed by atoms with Crippen molar-refractivity contribution in [2.24, 2.45) is 0 Å². The van der Waals surface area contributed by atoms with Gasteiger partial charge in [0, 0.05) is 33.1 Å². The Bertz CT molecular complexity index is 544. The third kappa shape index (κ3) is 4.73. The van der Waals surface area contributed by atoms with Crippen LogP contribution in [0.1, 0.15) is 18.6 Å². The van der Waals surface area contributed by atoms with Gasteiger partial charge < -0.3 is 25.3 Å². The topological polar surface area (TPSA) is 104 Å². The zero-order valence-electron chi connectivity index (χ0n) is 13.1. The van der Waals surface area contributed by atoms with Gasteiger partial charge in [0.2, 0.25) is 11.8 Å². The van der Waals surface area contributed by atoms with Crippen molar-refractivity contribution >= 4 is 17.8 Å². The number of carbonyl (C=O) groups excluding carboxylic acids is 3. The highest BCUT2D eigenvalue weighted by Crippen LogP contribution is 2.09. The number of hydrogen-bond donors (Lipinski definition) is 3. The Balaban J connectivity index is 1.82. The number of hydrogen-bond acceptors (Lipinski definition) is 4. The van der Waals surface area contributed by atoms with Crippen LogP contribution in [0.2, 0.25) is 0 Å². The third-order valence-corrected chi connectivity index (χ3v) is 3.71. The number of carbonyl (C=O) groups is 3. The molecule has 0 aromatic carbocycles. The van der Waals surface area contributed by atoms with Crippen LogP contribution in [0.15, 0.2) is 22.8 Å². The molecule has 1 aromatic rings. The average molecular weight is 322 g/mol. The molecule has 0 unspecified atom stereocenters. The summed E-state index contributed by atoms with van der Waals surface area (Å²) in [4.78, 5) is 37.1. The summed E-state index contributed by atoms with van der Waals surface area (Å²) in [6.07, 6.45) is 3.04. The molecule has 1 fully saturated rings. The molecular weight excluding hydrogens is 300 g/mol. The SMILES string of the molecule is CNC(=O)C[C@@H]1C(=O)NCCN1C(=O)NCCCc1ccco1. The Hall–Kier alpha value is -2.51. The van der Waals surface area contributed by atoms with E-state index in [-0.39, 0.29) is 24.3 Å². The van der Waals surface area contributed by atoms with Crippen LogP contribution in [-0.4, -0.2) is 55.5 Å². The molecule has 2 rings (SSSR count). The van der Waals surface area contributed by atoms with Gasteiger partial charge in [-0.3, -0.25) is 9.59 Å². The monoisotopic (exact) mass is 322 g/mol. The van der Waals surface area contributed by atoms with Gasteiger partial charge in [-0.25, -0.2) is 4.79 Å². The number of rotatable bonds is 6. The average Bonchev–Trinajstić information content (AvgIpc) is 3.06. The van der Waals surface area contributed by atoms with Crippen LogP contribution in [0, 0.1) is 0 Å². The van der Waals surface area contributed by atoms with Gasteiger partial charge in [-0.05, 0) is 18.6 Å². The first-order valence-electron chi connectivity index (χ1n) is 7.67. The Morgan fingerprint density at radius 3 is 3.00 bits per heavy atom. The molecule has 0 saturated carbocycles. The maximum Gasteiger partial charge on any atom is 0.318 e. The molecular formula is C15H22N4O4. The predicted molar refractivity (Wildman–Crippen MR) is 82.6 cm³/mol. The number of aryl methyl sites for hydroxylation is 1. The minimum absolute atomic E-state index is 0.0395. The van der Waals surface area contributed by atoms with Gasteiger partial charge in [0.1, 0.15) is 11.8 Å². The summed E-state index contributed by atoms with van der Waals surface area (Å²) in [6, 6.07) is 2.61. The molecule has 0 aliphatic carbocycles. The van der Waals surface area contributed by atoms with Crippen molar-refractivity contribution in [2.75, 3.05) is 26.7 Å². The first kappa shape index (κ1) is 16.9. The molecule has 0 bridgehead atoms.